The molecule has 0 spiro atoms. The summed E-state index contributed by atoms with van der Waals surface area (Å²) in [7, 11) is 3.30. The van der Waals surface area contributed by atoms with Gasteiger partial charge in [-0.05, 0) is 97.8 Å². The van der Waals surface area contributed by atoms with Crippen molar-refractivity contribution in [2.24, 2.45) is 0 Å². The van der Waals surface area contributed by atoms with E-state index in [0.29, 0.717) is 24.7 Å². The molecule has 0 amide bonds. The standard InChI is InChI=1S/C38H36N2O8S/c1-5-45-37(41)32(38(42)46-6-2)39-21-19-26(20-22-39)36-34-33(47-23-24-48-34)35(49-36)25-7-9-27(10-8-25)40(28-11-15-30(43-3)16-12-28)29-13-17-31(44-4)18-14-29/h7-22H,5-6,23-24H2,1-4H3. The van der Waals surface area contributed by atoms with Crippen molar-refractivity contribution in [1.29, 1.82) is 0 Å². The van der Waals surface area contributed by atoms with Crippen LogP contribution in [0.2, 0.25) is 0 Å². The molecule has 11 heteroatoms. The van der Waals surface area contributed by atoms with Crippen molar-refractivity contribution < 1.29 is 42.6 Å². The maximum atomic E-state index is 12.6. The number of esters is 2. The molecule has 3 aromatic carbocycles. The van der Waals surface area contributed by atoms with E-state index in [4.69, 9.17) is 28.4 Å². The molecule has 0 fully saturated rings. The van der Waals surface area contributed by atoms with E-state index in [2.05, 4.69) is 29.2 Å². The lowest BCUT2D eigenvalue weighted by Crippen LogP contribution is -2.50. The van der Waals surface area contributed by atoms with E-state index in [0.717, 1.165) is 49.4 Å². The van der Waals surface area contributed by atoms with E-state index in [-0.39, 0.29) is 19.3 Å². The molecular weight excluding hydrogens is 644 g/mol. The zero-order chi connectivity index (χ0) is 34.3. The van der Waals surface area contributed by atoms with Crippen molar-refractivity contribution in [2.75, 3.05) is 45.5 Å². The van der Waals surface area contributed by atoms with Crippen LogP contribution in [0.15, 0.2) is 97.3 Å². The van der Waals surface area contributed by atoms with Gasteiger partial charge in [0.1, 0.15) is 24.7 Å². The minimum Gasteiger partial charge on any atom is -0.497 e. The van der Waals surface area contributed by atoms with Crippen LogP contribution >= 0.6 is 11.3 Å². The molecule has 1 aliphatic heterocycles. The Balaban J connectivity index is 1.34. The number of methoxy groups -OCH3 is 2. The second kappa shape index (κ2) is 15.0. The van der Waals surface area contributed by atoms with Crippen LogP contribution in [-0.4, -0.2) is 52.6 Å². The minimum absolute atomic E-state index is 0.129. The Hall–Kier alpha value is -5.68. The maximum absolute atomic E-state index is 12.6. The zero-order valence-electron chi connectivity index (χ0n) is 27.6. The second-order valence-electron chi connectivity index (χ2n) is 10.7. The quantitative estimate of drug-likeness (QED) is 0.0590. The number of ether oxygens (including phenoxy) is 6. The molecule has 0 aliphatic carbocycles. The van der Waals surface area contributed by atoms with Crippen LogP contribution in [0.5, 0.6) is 23.0 Å². The molecule has 6 rings (SSSR count). The zero-order valence-corrected chi connectivity index (χ0v) is 28.5. The van der Waals surface area contributed by atoms with E-state index in [1.54, 1.807) is 51.8 Å². The molecule has 1 aliphatic rings. The Morgan fingerprint density at radius 1 is 0.673 bits per heavy atom. The number of rotatable bonds is 12. The first kappa shape index (κ1) is 33.2. The van der Waals surface area contributed by atoms with Crippen molar-refractivity contribution in [3.8, 4) is 43.9 Å². The van der Waals surface area contributed by atoms with Crippen LogP contribution in [0.25, 0.3) is 20.9 Å². The number of carbonyl (C=O) groups excluding carboxylic acids is 2. The molecule has 3 heterocycles. The Morgan fingerprint density at radius 2 is 1.08 bits per heavy atom. The first-order valence-corrected chi connectivity index (χ1v) is 16.6. The smallest absolute Gasteiger partial charge is 0.353 e. The van der Waals surface area contributed by atoms with Gasteiger partial charge in [0, 0.05) is 17.1 Å². The Bertz CT molecular complexity index is 1820. The first-order valence-electron chi connectivity index (χ1n) is 15.8. The molecule has 5 aromatic rings. The number of pyridine rings is 1. The van der Waals surface area contributed by atoms with Gasteiger partial charge < -0.3 is 37.9 Å². The Morgan fingerprint density at radius 3 is 1.49 bits per heavy atom. The van der Waals surface area contributed by atoms with Crippen LogP contribution < -0.4 is 28.4 Å². The van der Waals surface area contributed by atoms with Crippen molar-refractivity contribution in [2.45, 2.75) is 13.8 Å². The average molecular weight is 681 g/mol. The molecule has 0 bridgehead atoms. The predicted molar refractivity (Wildman–Crippen MR) is 186 cm³/mol. The lowest BCUT2D eigenvalue weighted by atomic mass is 10.1. The molecule has 10 nitrogen and oxygen atoms in total. The largest absolute Gasteiger partial charge is 0.497 e. The van der Waals surface area contributed by atoms with Crippen molar-refractivity contribution in [1.82, 2.24) is 0 Å². The summed E-state index contributed by atoms with van der Waals surface area (Å²) in [6.07, 6.45) is 3.27. The van der Waals surface area contributed by atoms with Crippen LogP contribution in [-0.2, 0) is 19.1 Å². The lowest BCUT2D eigenvalue weighted by Gasteiger charge is -2.26. The number of anilines is 3. The number of carbonyl (C=O) groups is 2. The van der Waals surface area contributed by atoms with Gasteiger partial charge in [0.15, 0.2) is 11.5 Å². The molecule has 0 radical (unpaired) electrons. The third kappa shape index (κ3) is 6.97. The van der Waals surface area contributed by atoms with E-state index in [1.807, 2.05) is 60.7 Å². The summed E-state index contributed by atoms with van der Waals surface area (Å²) in [5.41, 5.74) is 4.71. The summed E-state index contributed by atoms with van der Waals surface area (Å²) >= 11 is 1.55. The van der Waals surface area contributed by atoms with Crippen molar-refractivity contribution >= 4 is 40.3 Å². The normalized spacial score (nSPS) is 11.8. The molecule has 0 atom stereocenters. The molecule has 0 N–H and O–H groups in total. The summed E-state index contributed by atoms with van der Waals surface area (Å²) < 4.78 is 34.7. The fourth-order valence-electron chi connectivity index (χ4n) is 5.42. The molecule has 2 aromatic heterocycles. The van der Waals surface area contributed by atoms with Crippen LogP contribution in [0.4, 0.5) is 17.1 Å². The number of fused-ring (bicyclic) bond motifs is 1. The van der Waals surface area contributed by atoms with Crippen LogP contribution in [0.3, 0.4) is 0 Å². The number of nitrogens with zero attached hydrogens (tertiary/aromatic N) is 2. The number of thiophene rings is 1. The molecular formula is C38H36N2O8S. The highest BCUT2D eigenvalue weighted by atomic mass is 32.1. The van der Waals surface area contributed by atoms with E-state index in [1.165, 1.54) is 4.57 Å². The fourth-order valence-corrected chi connectivity index (χ4v) is 6.62. The second-order valence-corrected chi connectivity index (χ2v) is 11.7. The van der Waals surface area contributed by atoms with Gasteiger partial charge in [-0.25, -0.2) is 0 Å². The summed E-state index contributed by atoms with van der Waals surface area (Å²) in [5.74, 6) is 1.38. The summed E-state index contributed by atoms with van der Waals surface area (Å²) in [6, 6.07) is 27.6. The van der Waals surface area contributed by atoms with E-state index in [9.17, 15) is 9.59 Å². The van der Waals surface area contributed by atoms with Gasteiger partial charge >= 0.3 is 11.9 Å². The van der Waals surface area contributed by atoms with Gasteiger partial charge in [-0.1, -0.05) is 12.1 Å². The average Bonchev–Trinajstić information content (AvgIpc) is 3.53. The highest BCUT2D eigenvalue weighted by Crippen LogP contribution is 2.53. The van der Waals surface area contributed by atoms with E-state index < -0.39 is 11.9 Å². The summed E-state index contributed by atoms with van der Waals surface area (Å²) in [4.78, 5) is 29.2. The maximum Gasteiger partial charge on any atom is 0.353 e. The number of hydrogen-bond donors (Lipinski definition) is 0. The van der Waals surface area contributed by atoms with Gasteiger partial charge in [0.05, 0.1) is 49.6 Å². The van der Waals surface area contributed by atoms with Gasteiger partial charge in [0.2, 0.25) is 0 Å². The van der Waals surface area contributed by atoms with Crippen LogP contribution in [0, 0.1) is 6.04 Å². The molecule has 0 saturated carbocycles. The number of benzene rings is 3. The Labute approximate surface area is 289 Å². The first-order chi connectivity index (χ1) is 23.9. The monoisotopic (exact) mass is 680 g/mol. The topological polar surface area (TPSA) is 96.6 Å². The minimum atomic E-state index is -0.757. The summed E-state index contributed by atoms with van der Waals surface area (Å²) in [6.45, 7) is 4.47. The molecule has 252 valence electrons. The number of hydrogen-bond acceptors (Lipinski definition) is 10. The molecule has 49 heavy (non-hydrogen) atoms. The third-order valence-electron chi connectivity index (χ3n) is 7.74. The third-order valence-corrected chi connectivity index (χ3v) is 8.99. The van der Waals surface area contributed by atoms with Gasteiger partial charge in [-0.15, -0.1) is 11.3 Å². The van der Waals surface area contributed by atoms with E-state index >= 15 is 0 Å². The van der Waals surface area contributed by atoms with Gasteiger partial charge in [-0.3, -0.25) is 9.59 Å². The predicted octanol–water partition coefficient (Wildman–Crippen LogP) is 7.13. The Kier molecular flexibility index (Phi) is 10.2. The highest BCUT2D eigenvalue weighted by molar-refractivity contribution is 7.19. The highest BCUT2D eigenvalue weighted by Gasteiger charge is 2.33. The van der Waals surface area contributed by atoms with Gasteiger partial charge in [0.25, 0.3) is 6.04 Å². The summed E-state index contributed by atoms with van der Waals surface area (Å²) in [5, 5.41) is 0. The van der Waals surface area contributed by atoms with Crippen molar-refractivity contribution in [3.63, 3.8) is 0 Å². The SMILES string of the molecule is CCOC(=O)[C-](C(=O)OCC)[n+]1ccc(-c2sc(-c3ccc(N(c4ccc(OC)cc4)c4ccc(OC)cc4)cc3)c3c2OCCO3)cc1. The number of aromatic nitrogens is 1. The van der Waals surface area contributed by atoms with Gasteiger partial charge in [-0.2, -0.15) is 0 Å². The lowest BCUT2D eigenvalue weighted by molar-refractivity contribution is -0.643. The van der Waals surface area contributed by atoms with Crippen molar-refractivity contribution in [3.05, 3.63) is 103 Å². The fraction of sp³-hybridized carbons (Fsp3) is 0.211. The van der Waals surface area contributed by atoms with Crippen LogP contribution in [0.1, 0.15) is 13.8 Å². The molecule has 0 saturated heterocycles. The molecule has 0 unspecified atom stereocenters.